The van der Waals surface area contributed by atoms with Crippen LogP contribution in [0.15, 0.2) is 48.8 Å². The molecule has 6 nitrogen and oxygen atoms in total. The Bertz CT molecular complexity index is 991. The SMILES string of the molecule is Cc1nc(C(=O)NC[C@@H]2CCCOC2)cc(Cc2ccc(-n3cccn3)cc2)c1C. The summed E-state index contributed by atoms with van der Waals surface area (Å²) in [7, 11) is 0. The van der Waals surface area contributed by atoms with E-state index >= 15 is 0 Å². The minimum absolute atomic E-state index is 0.112. The zero-order chi connectivity index (χ0) is 20.9. The highest BCUT2D eigenvalue weighted by molar-refractivity contribution is 5.92. The molecule has 0 aliphatic carbocycles. The highest BCUT2D eigenvalue weighted by Gasteiger charge is 2.17. The Morgan fingerprint density at radius 1 is 1.27 bits per heavy atom. The first-order chi connectivity index (χ1) is 14.6. The van der Waals surface area contributed by atoms with Crippen molar-refractivity contribution in [3.8, 4) is 5.69 Å². The van der Waals surface area contributed by atoms with Crippen LogP contribution < -0.4 is 5.32 Å². The number of aromatic nitrogens is 3. The van der Waals surface area contributed by atoms with Gasteiger partial charge >= 0.3 is 0 Å². The molecule has 156 valence electrons. The number of ether oxygens (including phenoxy) is 1. The first-order valence-corrected chi connectivity index (χ1v) is 10.5. The van der Waals surface area contributed by atoms with Crippen LogP contribution in [0.2, 0.25) is 0 Å². The lowest BCUT2D eigenvalue weighted by Crippen LogP contribution is -2.33. The minimum atomic E-state index is -0.112. The van der Waals surface area contributed by atoms with E-state index in [4.69, 9.17) is 4.74 Å². The highest BCUT2D eigenvalue weighted by atomic mass is 16.5. The Morgan fingerprint density at radius 2 is 2.10 bits per heavy atom. The predicted molar refractivity (Wildman–Crippen MR) is 116 cm³/mol. The fraction of sp³-hybridized carbons (Fsp3) is 0.375. The number of hydrogen-bond donors (Lipinski definition) is 1. The van der Waals surface area contributed by atoms with Gasteiger partial charge in [-0.05, 0) is 80.0 Å². The maximum atomic E-state index is 12.7. The van der Waals surface area contributed by atoms with Crippen LogP contribution in [0, 0.1) is 19.8 Å². The summed E-state index contributed by atoms with van der Waals surface area (Å²) in [6.07, 6.45) is 6.61. The topological polar surface area (TPSA) is 69.0 Å². The molecule has 3 heterocycles. The van der Waals surface area contributed by atoms with Gasteiger partial charge in [-0.3, -0.25) is 4.79 Å². The standard InChI is InChI=1S/C24H28N4O2/c1-17-18(2)27-23(24(29)25-15-20-5-3-12-30-16-20)14-21(17)13-19-6-8-22(9-7-19)28-11-4-10-26-28/h4,6-11,14,20H,3,5,12-13,15-16H2,1-2H3,(H,25,29)/t20-/m0/s1. The molecule has 3 aromatic rings. The Balaban J connectivity index is 1.46. The third-order valence-corrected chi connectivity index (χ3v) is 5.76. The van der Waals surface area contributed by atoms with Crippen molar-refractivity contribution < 1.29 is 9.53 Å². The normalized spacial score (nSPS) is 16.4. The fourth-order valence-corrected chi connectivity index (χ4v) is 3.81. The molecular formula is C24H28N4O2. The first-order valence-electron chi connectivity index (χ1n) is 10.5. The molecule has 0 unspecified atom stereocenters. The number of pyridine rings is 1. The number of amides is 1. The molecule has 1 aliphatic heterocycles. The zero-order valence-corrected chi connectivity index (χ0v) is 17.6. The van der Waals surface area contributed by atoms with Crippen LogP contribution in [0.3, 0.4) is 0 Å². The molecule has 4 rings (SSSR count). The Morgan fingerprint density at radius 3 is 2.80 bits per heavy atom. The quantitative estimate of drug-likeness (QED) is 0.681. The number of benzene rings is 1. The summed E-state index contributed by atoms with van der Waals surface area (Å²) in [5, 5.41) is 7.30. The molecule has 30 heavy (non-hydrogen) atoms. The van der Waals surface area contributed by atoms with Gasteiger partial charge in [0, 0.05) is 31.2 Å². The Kier molecular flexibility index (Phi) is 6.23. The second-order valence-corrected chi connectivity index (χ2v) is 7.96. The van der Waals surface area contributed by atoms with Crippen LogP contribution in [0.4, 0.5) is 0 Å². The summed E-state index contributed by atoms with van der Waals surface area (Å²) in [6, 6.07) is 12.2. The largest absolute Gasteiger partial charge is 0.381 e. The van der Waals surface area contributed by atoms with Gasteiger partial charge in [-0.2, -0.15) is 5.10 Å². The number of rotatable bonds is 6. The number of carbonyl (C=O) groups is 1. The van der Waals surface area contributed by atoms with Crippen molar-refractivity contribution in [1.82, 2.24) is 20.1 Å². The van der Waals surface area contributed by atoms with Crippen molar-refractivity contribution in [3.05, 3.63) is 76.9 Å². The molecule has 0 spiro atoms. The Labute approximate surface area is 177 Å². The van der Waals surface area contributed by atoms with Crippen molar-refractivity contribution >= 4 is 5.91 Å². The van der Waals surface area contributed by atoms with Crippen LogP contribution >= 0.6 is 0 Å². The summed E-state index contributed by atoms with van der Waals surface area (Å²) in [4.78, 5) is 17.2. The molecule has 2 aromatic heterocycles. The third-order valence-electron chi connectivity index (χ3n) is 5.76. The second kappa shape index (κ2) is 9.22. The van der Waals surface area contributed by atoms with Gasteiger partial charge in [0.1, 0.15) is 5.69 Å². The van der Waals surface area contributed by atoms with Gasteiger partial charge in [0.2, 0.25) is 0 Å². The lowest BCUT2D eigenvalue weighted by Gasteiger charge is -2.22. The molecule has 1 aromatic carbocycles. The second-order valence-electron chi connectivity index (χ2n) is 7.96. The van der Waals surface area contributed by atoms with Gasteiger partial charge in [-0.15, -0.1) is 0 Å². The number of nitrogens with one attached hydrogen (secondary N) is 1. The van der Waals surface area contributed by atoms with Crippen LogP contribution in [0.25, 0.3) is 5.69 Å². The maximum absolute atomic E-state index is 12.7. The molecule has 1 saturated heterocycles. The van der Waals surface area contributed by atoms with E-state index in [9.17, 15) is 4.79 Å². The van der Waals surface area contributed by atoms with E-state index in [1.807, 2.05) is 29.9 Å². The molecule has 6 heteroatoms. The van der Waals surface area contributed by atoms with Crippen LogP contribution in [0.5, 0.6) is 0 Å². The zero-order valence-electron chi connectivity index (χ0n) is 17.6. The summed E-state index contributed by atoms with van der Waals surface area (Å²) >= 11 is 0. The lowest BCUT2D eigenvalue weighted by molar-refractivity contribution is 0.0535. The van der Waals surface area contributed by atoms with Crippen LogP contribution in [-0.2, 0) is 11.2 Å². The average Bonchev–Trinajstić information content (AvgIpc) is 3.31. The van der Waals surface area contributed by atoms with Gasteiger partial charge in [0.25, 0.3) is 5.91 Å². The van der Waals surface area contributed by atoms with Crippen molar-refractivity contribution in [2.75, 3.05) is 19.8 Å². The third kappa shape index (κ3) is 4.76. The van der Waals surface area contributed by atoms with E-state index in [2.05, 4.69) is 46.6 Å². The Hall–Kier alpha value is -2.99. The minimum Gasteiger partial charge on any atom is -0.381 e. The maximum Gasteiger partial charge on any atom is 0.269 e. The summed E-state index contributed by atoms with van der Waals surface area (Å²) in [5.74, 6) is 0.279. The van der Waals surface area contributed by atoms with Crippen molar-refractivity contribution in [1.29, 1.82) is 0 Å². The van der Waals surface area contributed by atoms with Crippen LogP contribution in [0.1, 0.15) is 45.7 Å². The smallest absolute Gasteiger partial charge is 0.269 e. The molecule has 0 bridgehead atoms. The molecular weight excluding hydrogens is 376 g/mol. The number of aryl methyl sites for hydroxylation is 1. The first kappa shape index (κ1) is 20.3. The predicted octanol–water partition coefficient (Wildman–Crippen LogP) is 3.63. The average molecular weight is 405 g/mol. The van der Waals surface area contributed by atoms with E-state index in [1.165, 1.54) is 5.56 Å². The molecule has 1 N–H and O–H groups in total. The van der Waals surface area contributed by atoms with Crippen LogP contribution in [-0.4, -0.2) is 40.4 Å². The van der Waals surface area contributed by atoms with Gasteiger partial charge in [0.15, 0.2) is 0 Å². The van der Waals surface area contributed by atoms with Crippen molar-refractivity contribution in [2.24, 2.45) is 5.92 Å². The number of nitrogens with zero attached hydrogens (tertiary/aromatic N) is 3. The van der Waals surface area contributed by atoms with E-state index in [1.54, 1.807) is 6.20 Å². The fourth-order valence-electron chi connectivity index (χ4n) is 3.81. The van der Waals surface area contributed by atoms with E-state index < -0.39 is 0 Å². The van der Waals surface area contributed by atoms with Gasteiger partial charge in [-0.25, -0.2) is 9.67 Å². The van der Waals surface area contributed by atoms with Gasteiger partial charge in [0.05, 0.1) is 12.3 Å². The lowest BCUT2D eigenvalue weighted by atomic mass is 9.98. The van der Waals surface area contributed by atoms with Crippen molar-refractivity contribution in [3.63, 3.8) is 0 Å². The van der Waals surface area contributed by atoms with Gasteiger partial charge in [-0.1, -0.05) is 12.1 Å². The van der Waals surface area contributed by atoms with E-state index in [-0.39, 0.29) is 5.91 Å². The summed E-state index contributed by atoms with van der Waals surface area (Å²) in [5.41, 5.74) is 5.84. The molecule has 1 aliphatic rings. The summed E-state index contributed by atoms with van der Waals surface area (Å²) in [6.45, 7) is 6.22. The number of carbonyl (C=O) groups excluding carboxylic acids is 1. The van der Waals surface area contributed by atoms with E-state index in [0.717, 1.165) is 55.0 Å². The molecule has 0 radical (unpaired) electrons. The number of hydrogen-bond acceptors (Lipinski definition) is 4. The molecule has 0 saturated carbocycles. The molecule has 1 fully saturated rings. The highest BCUT2D eigenvalue weighted by Crippen LogP contribution is 2.19. The van der Waals surface area contributed by atoms with E-state index in [0.29, 0.717) is 18.2 Å². The van der Waals surface area contributed by atoms with Gasteiger partial charge < -0.3 is 10.1 Å². The molecule has 1 atom stereocenters. The summed E-state index contributed by atoms with van der Waals surface area (Å²) < 4.78 is 7.34. The van der Waals surface area contributed by atoms with Crippen molar-refractivity contribution in [2.45, 2.75) is 33.1 Å². The monoisotopic (exact) mass is 404 g/mol. The molecule has 1 amide bonds.